The van der Waals surface area contributed by atoms with Gasteiger partial charge in [-0.3, -0.25) is 9.59 Å². The van der Waals surface area contributed by atoms with Crippen LogP contribution in [0.4, 0.5) is 5.69 Å². The van der Waals surface area contributed by atoms with Crippen molar-refractivity contribution in [3.8, 4) is 0 Å². The molecule has 1 fully saturated rings. The Morgan fingerprint density at radius 2 is 2.00 bits per heavy atom. The molecule has 0 aromatic heterocycles. The van der Waals surface area contributed by atoms with Crippen molar-refractivity contribution in [1.29, 1.82) is 0 Å². The summed E-state index contributed by atoms with van der Waals surface area (Å²) in [4.78, 5) is 25.9. The van der Waals surface area contributed by atoms with Crippen molar-refractivity contribution in [3.63, 3.8) is 0 Å². The molecule has 0 spiro atoms. The van der Waals surface area contributed by atoms with Gasteiger partial charge in [-0.2, -0.15) is 0 Å². The number of thioether (sulfide) groups is 1. The molecule has 0 unspecified atom stereocenters. The van der Waals surface area contributed by atoms with Crippen LogP contribution in [0.15, 0.2) is 23.1 Å². The Balaban J connectivity index is 1.82. The Labute approximate surface area is 116 Å². The van der Waals surface area contributed by atoms with Gasteiger partial charge >= 0.3 is 0 Å². The number of hydrogen-bond acceptors (Lipinski definition) is 4. The lowest BCUT2D eigenvalue weighted by Gasteiger charge is -2.21. The van der Waals surface area contributed by atoms with Gasteiger partial charge in [-0.25, -0.2) is 0 Å². The fourth-order valence-electron chi connectivity index (χ4n) is 2.42. The van der Waals surface area contributed by atoms with Gasteiger partial charge in [-0.05, 0) is 31.0 Å². The number of Topliss-reactive ketones (excluding diaryl/α,β-unsaturated/α-hetero) is 1. The number of anilines is 1. The average Bonchev–Trinajstić information content (AvgIpc) is 2.65. The minimum absolute atomic E-state index is 0.403. The van der Waals surface area contributed by atoms with Crippen LogP contribution in [0.3, 0.4) is 0 Å². The third-order valence-corrected chi connectivity index (χ3v) is 4.88. The van der Waals surface area contributed by atoms with Gasteiger partial charge in [0.1, 0.15) is 0 Å². The Bertz CT molecular complexity index is 537. The average molecular weight is 277 g/mol. The van der Waals surface area contributed by atoms with Crippen LogP contribution < -0.4 is 4.90 Å². The highest BCUT2D eigenvalue weighted by molar-refractivity contribution is 8.00. The van der Waals surface area contributed by atoms with E-state index in [1.165, 1.54) is 4.90 Å². The standard InChI is InChI=1S/C14H15NO3S/c1-15-12-8-10(19-9-4-6-18-7-5-9)2-3-11(12)13(16)14(15)17/h2-3,8-9H,4-7H2,1H3. The van der Waals surface area contributed by atoms with Gasteiger partial charge in [-0.1, -0.05) is 0 Å². The number of nitrogens with zero attached hydrogens (tertiary/aromatic N) is 1. The van der Waals surface area contributed by atoms with E-state index in [1.807, 2.05) is 12.1 Å². The molecule has 0 bridgehead atoms. The molecule has 0 radical (unpaired) electrons. The lowest BCUT2D eigenvalue weighted by atomic mass is 10.1. The quantitative estimate of drug-likeness (QED) is 0.777. The molecular weight excluding hydrogens is 262 g/mol. The van der Waals surface area contributed by atoms with E-state index in [9.17, 15) is 9.59 Å². The van der Waals surface area contributed by atoms with E-state index in [-0.39, 0.29) is 0 Å². The molecule has 0 aliphatic carbocycles. The van der Waals surface area contributed by atoms with Gasteiger partial charge in [0.25, 0.3) is 11.7 Å². The summed E-state index contributed by atoms with van der Waals surface area (Å²) in [6, 6.07) is 5.64. The molecular formula is C14H15NO3S. The second kappa shape index (κ2) is 4.98. The monoisotopic (exact) mass is 277 g/mol. The molecule has 1 aromatic carbocycles. The van der Waals surface area contributed by atoms with Crippen LogP contribution >= 0.6 is 11.8 Å². The normalized spacial score (nSPS) is 19.9. The Kier molecular flexibility index (Phi) is 3.33. The predicted octanol–water partition coefficient (Wildman–Crippen LogP) is 2.12. The van der Waals surface area contributed by atoms with E-state index in [4.69, 9.17) is 4.74 Å². The van der Waals surface area contributed by atoms with Gasteiger partial charge < -0.3 is 9.64 Å². The van der Waals surface area contributed by atoms with Crippen molar-refractivity contribution in [1.82, 2.24) is 0 Å². The summed E-state index contributed by atoms with van der Waals surface area (Å²) in [5.74, 6) is -0.844. The summed E-state index contributed by atoms with van der Waals surface area (Å²) in [6.07, 6.45) is 2.10. The Morgan fingerprint density at radius 1 is 1.26 bits per heavy atom. The predicted molar refractivity (Wildman–Crippen MR) is 73.9 cm³/mol. The number of carbonyl (C=O) groups excluding carboxylic acids is 2. The lowest BCUT2D eigenvalue weighted by Crippen LogP contribution is -2.24. The van der Waals surface area contributed by atoms with Crippen molar-refractivity contribution in [3.05, 3.63) is 23.8 Å². The number of amides is 1. The summed E-state index contributed by atoms with van der Waals surface area (Å²) in [6.45, 7) is 1.64. The summed E-state index contributed by atoms with van der Waals surface area (Å²) in [5, 5.41) is 0.560. The molecule has 100 valence electrons. The minimum atomic E-state index is -0.441. The van der Waals surface area contributed by atoms with Crippen LogP contribution in [0.1, 0.15) is 23.2 Å². The molecule has 1 saturated heterocycles. The van der Waals surface area contributed by atoms with E-state index in [2.05, 4.69) is 0 Å². The molecule has 19 heavy (non-hydrogen) atoms. The zero-order chi connectivity index (χ0) is 13.4. The molecule has 5 heteroatoms. The van der Waals surface area contributed by atoms with Crippen LogP contribution in [0, 0.1) is 0 Å². The highest BCUT2D eigenvalue weighted by atomic mass is 32.2. The number of rotatable bonds is 2. The third-order valence-electron chi connectivity index (χ3n) is 3.55. The molecule has 2 aliphatic heterocycles. The van der Waals surface area contributed by atoms with E-state index in [0.717, 1.165) is 36.6 Å². The zero-order valence-electron chi connectivity index (χ0n) is 10.7. The topological polar surface area (TPSA) is 46.6 Å². The first-order chi connectivity index (χ1) is 9.16. The molecule has 0 atom stereocenters. The number of carbonyl (C=O) groups is 2. The maximum Gasteiger partial charge on any atom is 0.299 e. The number of ether oxygens (including phenoxy) is 1. The zero-order valence-corrected chi connectivity index (χ0v) is 11.5. The molecule has 3 rings (SSSR count). The first-order valence-electron chi connectivity index (χ1n) is 6.37. The van der Waals surface area contributed by atoms with Gasteiger partial charge in [0.05, 0.1) is 11.3 Å². The van der Waals surface area contributed by atoms with Crippen molar-refractivity contribution < 1.29 is 14.3 Å². The summed E-state index contributed by atoms with van der Waals surface area (Å²) >= 11 is 1.81. The smallest absolute Gasteiger partial charge is 0.299 e. The maximum absolute atomic E-state index is 11.7. The van der Waals surface area contributed by atoms with Crippen LogP contribution in [0.2, 0.25) is 0 Å². The van der Waals surface area contributed by atoms with E-state index < -0.39 is 11.7 Å². The Morgan fingerprint density at radius 3 is 2.74 bits per heavy atom. The molecule has 4 nitrogen and oxygen atoms in total. The number of fused-ring (bicyclic) bond motifs is 1. The van der Waals surface area contributed by atoms with Crippen molar-refractivity contribution in [2.75, 3.05) is 25.2 Å². The fraction of sp³-hybridized carbons (Fsp3) is 0.429. The van der Waals surface area contributed by atoms with E-state index in [1.54, 1.807) is 24.9 Å². The second-order valence-corrected chi connectivity index (χ2v) is 6.18. The third kappa shape index (κ3) is 2.28. The van der Waals surface area contributed by atoms with Gasteiger partial charge in [0.15, 0.2) is 0 Å². The van der Waals surface area contributed by atoms with Crippen LogP contribution in [-0.4, -0.2) is 37.2 Å². The van der Waals surface area contributed by atoms with E-state index in [0.29, 0.717) is 10.8 Å². The molecule has 1 aromatic rings. The highest BCUT2D eigenvalue weighted by Crippen LogP contribution is 2.35. The van der Waals surface area contributed by atoms with Gasteiger partial charge in [-0.15, -0.1) is 11.8 Å². The van der Waals surface area contributed by atoms with E-state index >= 15 is 0 Å². The molecule has 2 aliphatic rings. The summed E-state index contributed by atoms with van der Waals surface area (Å²) in [7, 11) is 1.65. The molecule has 2 heterocycles. The Hall–Kier alpha value is -1.33. The number of hydrogen-bond donors (Lipinski definition) is 0. The lowest BCUT2D eigenvalue weighted by molar-refractivity contribution is -0.114. The summed E-state index contributed by atoms with van der Waals surface area (Å²) < 4.78 is 5.35. The summed E-state index contributed by atoms with van der Waals surface area (Å²) in [5.41, 5.74) is 1.25. The SMILES string of the molecule is CN1C(=O)C(=O)c2ccc(SC3CCOCC3)cc21. The molecule has 1 amide bonds. The first kappa shape index (κ1) is 12.7. The van der Waals surface area contributed by atoms with Gasteiger partial charge in [0, 0.05) is 30.4 Å². The molecule has 0 saturated carbocycles. The minimum Gasteiger partial charge on any atom is -0.381 e. The van der Waals surface area contributed by atoms with Crippen molar-refractivity contribution in [2.24, 2.45) is 0 Å². The van der Waals surface area contributed by atoms with Crippen LogP contribution in [-0.2, 0) is 9.53 Å². The van der Waals surface area contributed by atoms with Gasteiger partial charge in [0.2, 0.25) is 0 Å². The number of benzene rings is 1. The van der Waals surface area contributed by atoms with Crippen molar-refractivity contribution in [2.45, 2.75) is 23.0 Å². The largest absolute Gasteiger partial charge is 0.381 e. The molecule has 0 N–H and O–H groups in total. The van der Waals surface area contributed by atoms with Crippen molar-refractivity contribution >= 4 is 29.1 Å². The first-order valence-corrected chi connectivity index (χ1v) is 7.25. The number of likely N-dealkylation sites (N-methyl/N-ethyl adjacent to an activating group) is 1. The van der Waals surface area contributed by atoms with Crippen LogP contribution in [0.5, 0.6) is 0 Å². The highest BCUT2D eigenvalue weighted by Gasteiger charge is 2.33. The number of ketones is 1. The maximum atomic E-state index is 11.7. The second-order valence-electron chi connectivity index (χ2n) is 4.80. The van der Waals surface area contributed by atoms with Crippen LogP contribution in [0.25, 0.3) is 0 Å². The fourth-order valence-corrected chi connectivity index (χ4v) is 3.56.